The van der Waals surface area contributed by atoms with Crippen molar-refractivity contribution in [3.8, 4) is 0 Å². The van der Waals surface area contributed by atoms with Gasteiger partial charge in [-0.05, 0) is 20.8 Å². The summed E-state index contributed by atoms with van der Waals surface area (Å²) in [6.45, 7) is 19.7. The van der Waals surface area contributed by atoms with Gasteiger partial charge in [-0.3, -0.25) is 0 Å². The summed E-state index contributed by atoms with van der Waals surface area (Å²) in [5.74, 6) is 2.13. The van der Waals surface area contributed by atoms with Crippen LogP contribution in [-0.4, -0.2) is 14.8 Å². The van der Waals surface area contributed by atoms with Crippen LogP contribution in [0, 0.1) is 0 Å². The maximum absolute atomic E-state index is 4.43. The molecule has 0 fully saturated rings. The molecule has 0 aromatic carbocycles. The molecule has 98 valence electrons. The van der Waals surface area contributed by atoms with Crippen molar-refractivity contribution in [1.29, 1.82) is 0 Å². The minimum absolute atomic E-state index is 0.00866. The van der Waals surface area contributed by atoms with Crippen LogP contribution in [0.25, 0.3) is 0 Å². The lowest BCUT2D eigenvalue weighted by atomic mass is 9.91. The lowest BCUT2D eigenvalue weighted by Gasteiger charge is -2.32. The summed E-state index contributed by atoms with van der Waals surface area (Å²) in [5.41, 5.74) is 0.0439. The molecule has 0 aliphatic heterocycles. The molecular weight excluding hydrogens is 210 g/mol. The minimum Gasteiger partial charge on any atom is -0.309 e. The van der Waals surface area contributed by atoms with E-state index >= 15 is 0 Å². The Balaban J connectivity index is 3.53. The van der Waals surface area contributed by atoms with Crippen molar-refractivity contribution in [2.75, 3.05) is 0 Å². The third-order valence-corrected chi connectivity index (χ3v) is 2.68. The van der Waals surface area contributed by atoms with E-state index in [9.17, 15) is 0 Å². The zero-order valence-electron chi connectivity index (χ0n) is 12.8. The van der Waals surface area contributed by atoms with Gasteiger partial charge in [-0.2, -0.15) is 0 Å². The van der Waals surface area contributed by atoms with Gasteiger partial charge < -0.3 is 4.57 Å². The number of hydrogen-bond donors (Lipinski definition) is 0. The molecule has 0 saturated heterocycles. The summed E-state index contributed by atoms with van der Waals surface area (Å²) in [6.07, 6.45) is 0. The van der Waals surface area contributed by atoms with Gasteiger partial charge >= 0.3 is 0 Å². The molecule has 0 atom stereocenters. The average molecular weight is 237 g/mol. The quantitative estimate of drug-likeness (QED) is 0.690. The van der Waals surface area contributed by atoms with Crippen LogP contribution in [0.1, 0.15) is 74.0 Å². The second kappa shape index (κ2) is 3.82. The predicted octanol–water partition coefficient (Wildman–Crippen LogP) is 3.63. The Labute approximate surface area is 106 Å². The van der Waals surface area contributed by atoms with Crippen LogP contribution in [0.2, 0.25) is 0 Å². The van der Waals surface area contributed by atoms with E-state index in [0.29, 0.717) is 0 Å². The van der Waals surface area contributed by atoms with Crippen molar-refractivity contribution < 1.29 is 0 Å². The molecule has 0 radical (unpaired) electrons. The molecule has 0 bridgehead atoms. The van der Waals surface area contributed by atoms with E-state index in [-0.39, 0.29) is 16.4 Å². The van der Waals surface area contributed by atoms with Gasteiger partial charge in [0.15, 0.2) is 0 Å². The lowest BCUT2D eigenvalue weighted by molar-refractivity contribution is 0.324. The first-order valence-electron chi connectivity index (χ1n) is 6.32. The van der Waals surface area contributed by atoms with Crippen LogP contribution in [-0.2, 0) is 16.4 Å². The standard InChI is InChI=1S/C14H27N3/c1-12(2,3)10-15-16-11(13(4,5)6)17(10)14(7,8)9/h1-9H3. The SMILES string of the molecule is CC(C)(C)c1nnc(C(C)(C)C)n1C(C)(C)C. The Hall–Kier alpha value is -0.860. The Bertz CT molecular complexity index is 363. The first-order valence-corrected chi connectivity index (χ1v) is 6.32. The summed E-state index contributed by atoms with van der Waals surface area (Å²) >= 11 is 0. The molecule has 3 nitrogen and oxygen atoms in total. The van der Waals surface area contributed by atoms with Gasteiger partial charge in [0.1, 0.15) is 11.6 Å². The Kier molecular flexibility index (Phi) is 3.19. The zero-order valence-corrected chi connectivity index (χ0v) is 12.8. The van der Waals surface area contributed by atoms with Crippen molar-refractivity contribution in [1.82, 2.24) is 14.8 Å². The molecule has 0 aliphatic carbocycles. The van der Waals surface area contributed by atoms with Gasteiger partial charge in [0.2, 0.25) is 0 Å². The fraction of sp³-hybridized carbons (Fsp3) is 0.857. The van der Waals surface area contributed by atoms with Gasteiger partial charge in [-0.25, -0.2) is 0 Å². The van der Waals surface area contributed by atoms with E-state index < -0.39 is 0 Å². The van der Waals surface area contributed by atoms with Crippen molar-refractivity contribution in [3.05, 3.63) is 11.6 Å². The van der Waals surface area contributed by atoms with Crippen LogP contribution < -0.4 is 0 Å². The highest BCUT2D eigenvalue weighted by atomic mass is 15.3. The molecule has 0 spiro atoms. The topological polar surface area (TPSA) is 30.7 Å². The second-order valence-electron chi connectivity index (χ2n) is 7.85. The fourth-order valence-electron chi connectivity index (χ4n) is 1.89. The summed E-state index contributed by atoms with van der Waals surface area (Å²) in [7, 11) is 0. The van der Waals surface area contributed by atoms with E-state index in [0.717, 1.165) is 11.6 Å². The van der Waals surface area contributed by atoms with Gasteiger partial charge in [-0.15, -0.1) is 10.2 Å². The molecule has 17 heavy (non-hydrogen) atoms. The van der Waals surface area contributed by atoms with Gasteiger partial charge in [-0.1, -0.05) is 41.5 Å². The summed E-state index contributed by atoms with van der Waals surface area (Å²) in [5, 5.41) is 8.87. The monoisotopic (exact) mass is 237 g/mol. The fourth-order valence-corrected chi connectivity index (χ4v) is 1.89. The lowest BCUT2D eigenvalue weighted by Crippen LogP contribution is -2.34. The van der Waals surface area contributed by atoms with E-state index in [1.165, 1.54) is 0 Å². The average Bonchev–Trinajstić information content (AvgIpc) is 2.42. The largest absolute Gasteiger partial charge is 0.309 e. The molecule has 0 unspecified atom stereocenters. The van der Waals surface area contributed by atoms with E-state index in [1.54, 1.807) is 0 Å². The van der Waals surface area contributed by atoms with E-state index in [4.69, 9.17) is 0 Å². The molecule has 0 aliphatic rings. The number of aromatic nitrogens is 3. The minimum atomic E-state index is 0.00866. The third-order valence-electron chi connectivity index (χ3n) is 2.68. The van der Waals surface area contributed by atoms with Gasteiger partial charge in [0.25, 0.3) is 0 Å². The first kappa shape index (κ1) is 14.2. The molecule has 1 rings (SSSR count). The molecule has 1 heterocycles. The van der Waals surface area contributed by atoms with Gasteiger partial charge in [0.05, 0.1) is 0 Å². The maximum atomic E-state index is 4.43. The number of rotatable bonds is 0. The third kappa shape index (κ3) is 2.88. The van der Waals surface area contributed by atoms with Crippen LogP contribution in [0.5, 0.6) is 0 Å². The molecule has 1 aromatic heterocycles. The van der Waals surface area contributed by atoms with Crippen LogP contribution >= 0.6 is 0 Å². The highest BCUT2D eigenvalue weighted by Gasteiger charge is 2.33. The normalized spacial score (nSPS) is 14.2. The van der Waals surface area contributed by atoms with Crippen LogP contribution in [0.3, 0.4) is 0 Å². The zero-order chi connectivity index (χ0) is 13.6. The molecule has 1 aromatic rings. The smallest absolute Gasteiger partial charge is 0.138 e. The molecule has 0 saturated carbocycles. The molecule has 0 N–H and O–H groups in total. The maximum Gasteiger partial charge on any atom is 0.138 e. The highest BCUT2D eigenvalue weighted by molar-refractivity contribution is 5.14. The molecule has 3 heteroatoms. The van der Waals surface area contributed by atoms with Crippen molar-refractivity contribution in [2.24, 2.45) is 0 Å². The predicted molar refractivity (Wildman–Crippen MR) is 72.4 cm³/mol. The van der Waals surface area contributed by atoms with Crippen LogP contribution in [0.15, 0.2) is 0 Å². The summed E-state index contributed by atoms with van der Waals surface area (Å²) < 4.78 is 2.30. The Morgan fingerprint density at radius 2 is 0.941 bits per heavy atom. The van der Waals surface area contributed by atoms with Gasteiger partial charge in [0, 0.05) is 16.4 Å². The Morgan fingerprint density at radius 3 is 1.12 bits per heavy atom. The molecular formula is C14H27N3. The van der Waals surface area contributed by atoms with Crippen molar-refractivity contribution >= 4 is 0 Å². The summed E-state index contributed by atoms with van der Waals surface area (Å²) in [4.78, 5) is 0. The summed E-state index contributed by atoms with van der Waals surface area (Å²) in [6, 6.07) is 0. The van der Waals surface area contributed by atoms with Crippen molar-refractivity contribution in [2.45, 2.75) is 78.7 Å². The van der Waals surface area contributed by atoms with E-state index in [2.05, 4.69) is 77.1 Å². The van der Waals surface area contributed by atoms with Crippen LogP contribution in [0.4, 0.5) is 0 Å². The number of hydrogen-bond acceptors (Lipinski definition) is 2. The first-order chi connectivity index (χ1) is 7.35. The highest BCUT2D eigenvalue weighted by Crippen LogP contribution is 2.32. The molecule has 0 amide bonds. The van der Waals surface area contributed by atoms with E-state index in [1.807, 2.05) is 0 Å². The van der Waals surface area contributed by atoms with Crippen molar-refractivity contribution in [3.63, 3.8) is 0 Å². The Morgan fingerprint density at radius 1 is 0.647 bits per heavy atom. The number of nitrogens with zero attached hydrogens (tertiary/aromatic N) is 3. The second-order valence-corrected chi connectivity index (χ2v) is 7.85.